The van der Waals surface area contributed by atoms with Gasteiger partial charge in [0, 0.05) is 21.4 Å². The fourth-order valence-electron chi connectivity index (χ4n) is 1.40. The van der Waals surface area contributed by atoms with Crippen LogP contribution in [0.2, 0.25) is 0 Å². The molecule has 0 atom stereocenters. The molecule has 0 spiro atoms. The van der Waals surface area contributed by atoms with Crippen LogP contribution in [0.15, 0.2) is 32.0 Å². The lowest BCUT2D eigenvalue weighted by atomic mass is 9.91. The van der Waals surface area contributed by atoms with E-state index >= 15 is 0 Å². The maximum absolute atomic E-state index is 12.3. The van der Waals surface area contributed by atoms with Gasteiger partial charge in [-0.1, -0.05) is 29.8 Å². The van der Waals surface area contributed by atoms with E-state index in [1.165, 1.54) is 0 Å². The standard InChI is InChI=1S/C12H16Br2ClNO2S/c1-12(2,5-6-15)8-16-19(17,18)11-7-9(13)3-4-10(11)14/h3-4,7,16H,5-6,8H2,1-2H3. The molecule has 7 heteroatoms. The first kappa shape index (κ1) is 17.4. The summed E-state index contributed by atoms with van der Waals surface area (Å²) in [6.45, 7) is 4.31. The van der Waals surface area contributed by atoms with Crippen LogP contribution >= 0.6 is 43.5 Å². The van der Waals surface area contributed by atoms with Crippen molar-refractivity contribution in [2.75, 3.05) is 12.4 Å². The summed E-state index contributed by atoms with van der Waals surface area (Å²) in [5, 5.41) is 0. The van der Waals surface area contributed by atoms with Gasteiger partial charge in [0.15, 0.2) is 0 Å². The lowest BCUT2D eigenvalue weighted by molar-refractivity contribution is 0.352. The molecule has 3 nitrogen and oxygen atoms in total. The van der Waals surface area contributed by atoms with E-state index in [9.17, 15) is 8.42 Å². The number of sulfonamides is 1. The van der Waals surface area contributed by atoms with Crippen LogP contribution in [0.3, 0.4) is 0 Å². The Morgan fingerprint density at radius 3 is 2.53 bits per heavy atom. The predicted molar refractivity (Wildman–Crippen MR) is 86.1 cm³/mol. The number of alkyl halides is 1. The maximum atomic E-state index is 12.3. The zero-order chi connectivity index (χ0) is 14.7. The molecule has 0 bridgehead atoms. The van der Waals surface area contributed by atoms with E-state index in [1.54, 1.807) is 18.2 Å². The summed E-state index contributed by atoms with van der Waals surface area (Å²) in [6, 6.07) is 5.05. The van der Waals surface area contributed by atoms with Gasteiger partial charge in [0.1, 0.15) is 0 Å². The van der Waals surface area contributed by atoms with Crippen molar-refractivity contribution < 1.29 is 8.42 Å². The molecule has 0 fully saturated rings. The van der Waals surface area contributed by atoms with E-state index in [-0.39, 0.29) is 10.3 Å². The quantitative estimate of drug-likeness (QED) is 0.685. The maximum Gasteiger partial charge on any atom is 0.241 e. The Balaban J connectivity index is 2.90. The van der Waals surface area contributed by atoms with E-state index in [1.807, 2.05) is 13.8 Å². The molecule has 0 heterocycles. The van der Waals surface area contributed by atoms with Crippen LogP contribution in [0.5, 0.6) is 0 Å². The molecule has 19 heavy (non-hydrogen) atoms. The molecule has 108 valence electrons. The van der Waals surface area contributed by atoms with Crippen LogP contribution in [0.1, 0.15) is 20.3 Å². The number of hydrogen-bond donors (Lipinski definition) is 1. The van der Waals surface area contributed by atoms with Gasteiger partial charge < -0.3 is 0 Å². The number of nitrogens with one attached hydrogen (secondary N) is 1. The van der Waals surface area contributed by atoms with Gasteiger partial charge in [-0.3, -0.25) is 0 Å². The van der Waals surface area contributed by atoms with Crippen molar-refractivity contribution in [1.82, 2.24) is 4.72 Å². The van der Waals surface area contributed by atoms with Crippen molar-refractivity contribution in [2.24, 2.45) is 5.41 Å². The Morgan fingerprint density at radius 2 is 1.95 bits per heavy atom. The zero-order valence-corrected chi connectivity index (χ0v) is 15.5. The van der Waals surface area contributed by atoms with Gasteiger partial charge in [-0.25, -0.2) is 13.1 Å². The van der Waals surface area contributed by atoms with Crippen molar-refractivity contribution in [3.8, 4) is 0 Å². The molecule has 0 radical (unpaired) electrons. The molecule has 0 aliphatic rings. The number of halogens is 3. The summed E-state index contributed by atoms with van der Waals surface area (Å²) in [5.41, 5.74) is -0.173. The third-order valence-electron chi connectivity index (χ3n) is 2.69. The molecule has 1 aromatic rings. The summed E-state index contributed by atoms with van der Waals surface area (Å²) >= 11 is 12.2. The Morgan fingerprint density at radius 1 is 1.32 bits per heavy atom. The largest absolute Gasteiger partial charge is 0.241 e. The molecule has 0 saturated heterocycles. The number of rotatable bonds is 6. The van der Waals surface area contributed by atoms with Gasteiger partial charge in [0.25, 0.3) is 0 Å². The second kappa shape index (κ2) is 6.89. The average molecular weight is 434 g/mol. The van der Waals surface area contributed by atoms with E-state index in [4.69, 9.17) is 11.6 Å². The van der Waals surface area contributed by atoms with Crippen LogP contribution in [-0.2, 0) is 10.0 Å². The van der Waals surface area contributed by atoms with E-state index in [0.29, 0.717) is 16.9 Å². The van der Waals surface area contributed by atoms with Gasteiger partial charge >= 0.3 is 0 Å². The average Bonchev–Trinajstić information content (AvgIpc) is 2.30. The van der Waals surface area contributed by atoms with Crippen molar-refractivity contribution in [3.63, 3.8) is 0 Å². The van der Waals surface area contributed by atoms with Crippen molar-refractivity contribution in [3.05, 3.63) is 27.1 Å². The van der Waals surface area contributed by atoms with E-state index < -0.39 is 10.0 Å². The number of benzene rings is 1. The molecule has 1 N–H and O–H groups in total. The Hall–Kier alpha value is 0.380. The summed E-state index contributed by atoms with van der Waals surface area (Å²) in [6.07, 6.45) is 0.747. The van der Waals surface area contributed by atoms with Crippen molar-refractivity contribution in [1.29, 1.82) is 0 Å². The summed E-state index contributed by atoms with van der Waals surface area (Å²) in [7, 11) is -3.53. The molecular formula is C12H16Br2ClNO2S. The second-order valence-corrected chi connectivity index (χ2v) is 8.89. The van der Waals surface area contributed by atoms with E-state index in [0.717, 1.165) is 10.9 Å². The Bertz CT molecular complexity index is 547. The van der Waals surface area contributed by atoms with Gasteiger partial charge in [-0.05, 0) is 46.0 Å². The van der Waals surface area contributed by atoms with Crippen molar-refractivity contribution >= 4 is 53.5 Å². The topological polar surface area (TPSA) is 46.2 Å². The van der Waals surface area contributed by atoms with Crippen molar-refractivity contribution in [2.45, 2.75) is 25.2 Å². The van der Waals surface area contributed by atoms with Gasteiger partial charge in [-0.15, -0.1) is 11.6 Å². The third kappa shape index (κ3) is 5.34. The SMILES string of the molecule is CC(C)(CCCl)CNS(=O)(=O)c1cc(Br)ccc1Br. The highest BCUT2D eigenvalue weighted by Crippen LogP contribution is 2.26. The first-order chi connectivity index (χ1) is 8.68. The summed E-state index contributed by atoms with van der Waals surface area (Å²) < 4.78 is 28.4. The molecule has 0 aliphatic carbocycles. The minimum Gasteiger partial charge on any atom is -0.211 e. The Kier molecular flexibility index (Phi) is 6.32. The first-order valence-corrected chi connectivity index (χ1v) is 9.29. The smallest absolute Gasteiger partial charge is 0.211 e. The third-order valence-corrected chi connectivity index (χ3v) is 5.77. The normalized spacial score (nSPS) is 12.7. The van der Waals surface area contributed by atoms with E-state index in [2.05, 4.69) is 36.6 Å². The van der Waals surface area contributed by atoms with Crippen LogP contribution in [0.4, 0.5) is 0 Å². The van der Waals surface area contributed by atoms with Crippen LogP contribution in [-0.4, -0.2) is 20.8 Å². The molecule has 0 aliphatic heterocycles. The number of hydrogen-bond acceptors (Lipinski definition) is 2. The highest BCUT2D eigenvalue weighted by atomic mass is 79.9. The van der Waals surface area contributed by atoms with Crippen LogP contribution < -0.4 is 4.72 Å². The zero-order valence-electron chi connectivity index (χ0n) is 10.7. The first-order valence-electron chi connectivity index (χ1n) is 5.69. The molecule has 1 rings (SSSR count). The highest BCUT2D eigenvalue weighted by Gasteiger charge is 2.23. The molecule has 0 unspecified atom stereocenters. The molecule has 0 aromatic heterocycles. The summed E-state index contributed by atoms with van der Waals surface area (Å²) in [4.78, 5) is 0.226. The predicted octanol–water partition coefficient (Wildman–Crippen LogP) is 4.15. The Labute approximate surface area is 136 Å². The fraction of sp³-hybridized carbons (Fsp3) is 0.500. The lowest BCUT2D eigenvalue weighted by Gasteiger charge is -2.23. The molecular weight excluding hydrogens is 417 g/mol. The van der Waals surface area contributed by atoms with Gasteiger partial charge in [0.2, 0.25) is 10.0 Å². The molecule has 0 saturated carbocycles. The molecule has 1 aromatic carbocycles. The summed E-state index contributed by atoms with van der Waals surface area (Å²) in [5.74, 6) is 0.509. The van der Waals surface area contributed by atoms with Crippen LogP contribution in [0, 0.1) is 5.41 Å². The minimum atomic E-state index is -3.53. The monoisotopic (exact) mass is 431 g/mol. The van der Waals surface area contributed by atoms with Crippen LogP contribution in [0.25, 0.3) is 0 Å². The highest BCUT2D eigenvalue weighted by molar-refractivity contribution is 9.11. The van der Waals surface area contributed by atoms with Gasteiger partial charge in [-0.2, -0.15) is 0 Å². The lowest BCUT2D eigenvalue weighted by Crippen LogP contribution is -2.34. The van der Waals surface area contributed by atoms with Gasteiger partial charge in [0.05, 0.1) is 4.90 Å². The second-order valence-electron chi connectivity index (χ2n) is 5.00. The minimum absolute atomic E-state index is 0.173. The fourth-order valence-corrected chi connectivity index (χ4v) is 4.65. The molecule has 0 amide bonds.